The molecule has 1 aromatic heterocycles. The van der Waals surface area contributed by atoms with Gasteiger partial charge < -0.3 is 15.1 Å². The average Bonchev–Trinajstić information content (AvgIpc) is 2.70. The van der Waals surface area contributed by atoms with E-state index in [9.17, 15) is 9.59 Å². The molecule has 0 atom stereocenters. The van der Waals surface area contributed by atoms with Gasteiger partial charge in [-0.25, -0.2) is 9.59 Å². The van der Waals surface area contributed by atoms with E-state index in [0.29, 0.717) is 24.4 Å². The molecule has 0 aliphatic heterocycles. The third kappa shape index (κ3) is 2.78. The van der Waals surface area contributed by atoms with E-state index >= 15 is 0 Å². The average molecular weight is 263 g/mol. The van der Waals surface area contributed by atoms with Crippen molar-refractivity contribution in [2.24, 2.45) is 0 Å². The highest BCUT2D eigenvalue weighted by atomic mass is 16.4. The largest absolute Gasteiger partial charge is 0.419 e. The molecular formula is C13H17N3O3. The van der Waals surface area contributed by atoms with Gasteiger partial charge in [0.15, 0.2) is 5.58 Å². The SMILES string of the molecule is CCCNC(=O)Nc1ccc2c(c1)oc(=O)n2CC. The first-order chi connectivity index (χ1) is 9.15. The summed E-state index contributed by atoms with van der Waals surface area (Å²) >= 11 is 0. The highest BCUT2D eigenvalue weighted by molar-refractivity contribution is 5.91. The highest BCUT2D eigenvalue weighted by Crippen LogP contribution is 2.18. The smallest absolute Gasteiger partial charge is 0.408 e. The van der Waals surface area contributed by atoms with Crippen LogP contribution in [0.4, 0.5) is 10.5 Å². The van der Waals surface area contributed by atoms with E-state index in [1.165, 1.54) is 4.57 Å². The number of oxazole rings is 1. The van der Waals surface area contributed by atoms with Crippen LogP contribution in [0.5, 0.6) is 0 Å². The Morgan fingerprint density at radius 2 is 2.16 bits per heavy atom. The first kappa shape index (κ1) is 13.2. The Hall–Kier alpha value is -2.24. The van der Waals surface area contributed by atoms with Crippen LogP contribution in [0.25, 0.3) is 11.1 Å². The fraction of sp³-hybridized carbons (Fsp3) is 0.385. The third-order valence-electron chi connectivity index (χ3n) is 2.78. The van der Waals surface area contributed by atoms with Crippen molar-refractivity contribution in [3.05, 3.63) is 28.7 Å². The summed E-state index contributed by atoms with van der Waals surface area (Å²) in [6.45, 7) is 5.03. The van der Waals surface area contributed by atoms with E-state index in [2.05, 4.69) is 10.6 Å². The number of carbonyl (C=O) groups excluding carboxylic acids is 1. The van der Waals surface area contributed by atoms with Crippen molar-refractivity contribution in [1.82, 2.24) is 9.88 Å². The summed E-state index contributed by atoms with van der Waals surface area (Å²) in [6, 6.07) is 4.89. The first-order valence-electron chi connectivity index (χ1n) is 6.34. The molecule has 0 saturated heterocycles. The maximum Gasteiger partial charge on any atom is 0.419 e. The molecule has 0 aliphatic carbocycles. The van der Waals surface area contributed by atoms with Crippen LogP contribution in [0.3, 0.4) is 0 Å². The molecule has 2 rings (SSSR count). The van der Waals surface area contributed by atoms with Gasteiger partial charge in [0, 0.05) is 24.8 Å². The molecule has 2 aromatic rings. The Labute approximate surface area is 110 Å². The van der Waals surface area contributed by atoms with Gasteiger partial charge >= 0.3 is 11.8 Å². The van der Waals surface area contributed by atoms with E-state index < -0.39 is 0 Å². The number of anilines is 1. The molecule has 1 aromatic carbocycles. The van der Waals surface area contributed by atoms with Crippen LogP contribution < -0.4 is 16.4 Å². The minimum Gasteiger partial charge on any atom is -0.408 e. The zero-order valence-corrected chi connectivity index (χ0v) is 11.0. The van der Waals surface area contributed by atoms with Gasteiger partial charge in [-0.05, 0) is 25.5 Å². The zero-order chi connectivity index (χ0) is 13.8. The molecule has 6 nitrogen and oxygen atoms in total. The number of benzene rings is 1. The standard InChI is InChI=1S/C13H17N3O3/c1-3-7-14-12(17)15-9-5-6-10-11(8-9)19-13(18)16(10)4-2/h5-6,8H,3-4,7H2,1-2H3,(H2,14,15,17). The molecule has 102 valence electrons. The summed E-state index contributed by atoms with van der Waals surface area (Å²) in [5, 5.41) is 5.40. The molecule has 19 heavy (non-hydrogen) atoms. The summed E-state index contributed by atoms with van der Waals surface area (Å²) in [6.07, 6.45) is 0.876. The predicted molar refractivity (Wildman–Crippen MR) is 73.5 cm³/mol. The molecule has 0 saturated carbocycles. The van der Waals surface area contributed by atoms with Gasteiger partial charge in [0.05, 0.1) is 5.52 Å². The summed E-state index contributed by atoms with van der Waals surface area (Å²) in [5.74, 6) is -0.384. The lowest BCUT2D eigenvalue weighted by Gasteiger charge is -2.06. The number of aromatic nitrogens is 1. The number of nitrogens with one attached hydrogen (secondary N) is 2. The number of amides is 2. The maximum atomic E-state index is 11.5. The zero-order valence-electron chi connectivity index (χ0n) is 11.0. The number of aryl methyl sites for hydroxylation is 1. The third-order valence-corrected chi connectivity index (χ3v) is 2.78. The van der Waals surface area contributed by atoms with Crippen molar-refractivity contribution in [2.45, 2.75) is 26.8 Å². The summed E-state index contributed by atoms with van der Waals surface area (Å²) < 4.78 is 6.67. The normalized spacial score (nSPS) is 10.6. The summed E-state index contributed by atoms with van der Waals surface area (Å²) in [7, 11) is 0. The molecule has 0 unspecified atom stereocenters. The van der Waals surface area contributed by atoms with Crippen LogP contribution in [-0.2, 0) is 6.54 Å². The van der Waals surface area contributed by atoms with Crippen molar-refractivity contribution in [2.75, 3.05) is 11.9 Å². The Bertz CT molecular complexity index is 642. The van der Waals surface area contributed by atoms with Crippen molar-refractivity contribution >= 4 is 22.8 Å². The van der Waals surface area contributed by atoms with E-state index in [0.717, 1.165) is 11.9 Å². The molecule has 0 fully saturated rings. The highest BCUT2D eigenvalue weighted by Gasteiger charge is 2.09. The Morgan fingerprint density at radius 1 is 1.37 bits per heavy atom. The Kier molecular flexibility index (Phi) is 3.89. The minimum absolute atomic E-state index is 0.265. The number of carbonyl (C=O) groups is 1. The van der Waals surface area contributed by atoms with Crippen molar-refractivity contribution in [3.8, 4) is 0 Å². The van der Waals surface area contributed by atoms with Gasteiger partial charge in [-0.2, -0.15) is 0 Å². The Balaban J connectivity index is 2.22. The van der Waals surface area contributed by atoms with Crippen LogP contribution in [-0.4, -0.2) is 17.1 Å². The van der Waals surface area contributed by atoms with E-state index in [-0.39, 0.29) is 11.8 Å². The second kappa shape index (κ2) is 5.60. The molecule has 0 bridgehead atoms. The van der Waals surface area contributed by atoms with Gasteiger partial charge in [0.1, 0.15) is 0 Å². The van der Waals surface area contributed by atoms with Gasteiger partial charge in [-0.3, -0.25) is 4.57 Å². The van der Waals surface area contributed by atoms with Crippen LogP contribution in [0, 0.1) is 0 Å². The van der Waals surface area contributed by atoms with E-state index in [4.69, 9.17) is 4.42 Å². The van der Waals surface area contributed by atoms with E-state index in [1.54, 1.807) is 18.2 Å². The molecular weight excluding hydrogens is 246 g/mol. The van der Waals surface area contributed by atoms with Crippen LogP contribution >= 0.6 is 0 Å². The van der Waals surface area contributed by atoms with Crippen molar-refractivity contribution < 1.29 is 9.21 Å². The minimum atomic E-state index is -0.384. The molecule has 2 amide bonds. The van der Waals surface area contributed by atoms with Crippen LogP contribution in [0.15, 0.2) is 27.4 Å². The predicted octanol–water partition coefficient (Wildman–Crippen LogP) is 2.15. The van der Waals surface area contributed by atoms with Gasteiger partial charge in [0.2, 0.25) is 0 Å². The van der Waals surface area contributed by atoms with E-state index in [1.807, 2.05) is 13.8 Å². The summed E-state index contributed by atoms with van der Waals surface area (Å²) in [4.78, 5) is 23.1. The van der Waals surface area contributed by atoms with Crippen LogP contribution in [0.2, 0.25) is 0 Å². The fourth-order valence-electron chi connectivity index (χ4n) is 1.86. The number of rotatable bonds is 4. The molecule has 0 radical (unpaired) electrons. The van der Waals surface area contributed by atoms with Gasteiger partial charge in [-0.1, -0.05) is 6.92 Å². The maximum absolute atomic E-state index is 11.5. The topological polar surface area (TPSA) is 76.3 Å². The number of hydrogen-bond acceptors (Lipinski definition) is 3. The van der Waals surface area contributed by atoms with Crippen molar-refractivity contribution in [3.63, 3.8) is 0 Å². The molecule has 0 spiro atoms. The fourth-order valence-corrected chi connectivity index (χ4v) is 1.86. The van der Waals surface area contributed by atoms with Crippen LogP contribution in [0.1, 0.15) is 20.3 Å². The number of fused-ring (bicyclic) bond motifs is 1. The first-order valence-corrected chi connectivity index (χ1v) is 6.34. The quantitative estimate of drug-likeness (QED) is 0.887. The lowest BCUT2D eigenvalue weighted by atomic mass is 10.3. The second-order valence-electron chi connectivity index (χ2n) is 4.18. The summed E-state index contributed by atoms with van der Waals surface area (Å²) in [5.41, 5.74) is 1.80. The van der Waals surface area contributed by atoms with Crippen molar-refractivity contribution in [1.29, 1.82) is 0 Å². The molecule has 1 heterocycles. The molecule has 6 heteroatoms. The number of urea groups is 1. The lowest BCUT2D eigenvalue weighted by molar-refractivity contribution is 0.252. The lowest BCUT2D eigenvalue weighted by Crippen LogP contribution is -2.29. The molecule has 0 aliphatic rings. The van der Waals surface area contributed by atoms with Gasteiger partial charge in [0.25, 0.3) is 0 Å². The Morgan fingerprint density at radius 3 is 2.84 bits per heavy atom. The number of hydrogen-bond donors (Lipinski definition) is 2. The number of nitrogens with zero attached hydrogens (tertiary/aromatic N) is 1. The van der Waals surface area contributed by atoms with Gasteiger partial charge in [-0.15, -0.1) is 0 Å². The second-order valence-corrected chi connectivity index (χ2v) is 4.18. The monoisotopic (exact) mass is 263 g/mol. The molecule has 2 N–H and O–H groups in total.